The van der Waals surface area contributed by atoms with Crippen molar-refractivity contribution in [2.24, 2.45) is 11.8 Å². The highest BCUT2D eigenvalue weighted by molar-refractivity contribution is 5.80. The number of piperidine rings is 1. The minimum atomic E-state index is -0.902. The molecule has 0 bridgehead atoms. The van der Waals surface area contributed by atoms with Crippen LogP contribution in [-0.4, -0.2) is 40.3 Å². The first-order valence-electron chi connectivity index (χ1n) is 7.50. The molecule has 1 saturated carbocycles. The third-order valence-corrected chi connectivity index (χ3v) is 3.97. The zero-order valence-electron chi connectivity index (χ0n) is 12.6. The molecule has 1 heterocycles. The lowest BCUT2D eigenvalue weighted by Gasteiger charge is -2.39. The van der Waals surface area contributed by atoms with E-state index in [1.807, 2.05) is 0 Å². The zero-order chi connectivity index (χ0) is 14.9. The minimum Gasteiger partial charge on any atom is -0.480 e. The third kappa shape index (κ3) is 3.87. The summed E-state index contributed by atoms with van der Waals surface area (Å²) in [6.45, 7) is 5.87. The predicted octanol–water partition coefficient (Wildman–Crippen LogP) is 2.89. The van der Waals surface area contributed by atoms with Gasteiger partial charge in [0, 0.05) is 6.54 Å². The summed E-state index contributed by atoms with van der Waals surface area (Å²) in [7, 11) is 0. The van der Waals surface area contributed by atoms with E-state index in [9.17, 15) is 14.7 Å². The van der Waals surface area contributed by atoms with E-state index in [2.05, 4.69) is 0 Å². The van der Waals surface area contributed by atoms with Gasteiger partial charge in [0.05, 0.1) is 0 Å². The Morgan fingerprint density at radius 1 is 1.25 bits per heavy atom. The number of likely N-dealkylation sites (tertiary alicyclic amines) is 1. The SMILES string of the molecule is CC(C)(C)OC(=O)N1CCCC(CC2CC2)C1C(=O)O. The second-order valence-corrected chi connectivity index (χ2v) is 7.04. The lowest BCUT2D eigenvalue weighted by molar-refractivity contribution is -0.147. The highest BCUT2D eigenvalue weighted by Gasteiger charge is 2.42. The highest BCUT2D eigenvalue weighted by Crippen LogP contribution is 2.40. The summed E-state index contributed by atoms with van der Waals surface area (Å²) in [5.74, 6) is -0.164. The van der Waals surface area contributed by atoms with E-state index in [0.717, 1.165) is 19.3 Å². The molecule has 20 heavy (non-hydrogen) atoms. The Morgan fingerprint density at radius 3 is 2.40 bits per heavy atom. The fraction of sp³-hybridized carbons (Fsp3) is 0.867. The Hall–Kier alpha value is -1.26. The molecular formula is C15H25NO4. The van der Waals surface area contributed by atoms with Gasteiger partial charge in [-0.2, -0.15) is 0 Å². The molecule has 1 N–H and O–H groups in total. The van der Waals surface area contributed by atoms with Crippen LogP contribution in [0.15, 0.2) is 0 Å². The molecule has 114 valence electrons. The molecule has 0 aromatic carbocycles. The van der Waals surface area contributed by atoms with Crippen LogP contribution in [0.3, 0.4) is 0 Å². The molecule has 1 saturated heterocycles. The van der Waals surface area contributed by atoms with Crippen LogP contribution in [0.4, 0.5) is 4.79 Å². The molecule has 0 aromatic rings. The van der Waals surface area contributed by atoms with Gasteiger partial charge in [0.15, 0.2) is 0 Å². The van der Waals surface area contributed by atoms with Crippen LogP contribution in [0.2, 0.25) is 0 Å². The van der Waals surface area contributed by atoms with Crippen LogP contribution >= 0.6 is 0 Å². The van der Waals surface area contributed by atoms with Gasteiger partial charge in [-0.1, -0.05) is 12.8 Å². The highest BCUT2D eigenvalue weighted by atomic mass is 16.6. The fourth-order valence-corrected chi connectivity index (χ4v) is 2.96. The lowest BCUT2D eigenvalue weighted by Crippen LogP contribution is -2.53. The number of carbonyl (C=O) groups excluding carboxylic acids is 1. The first-order chi connectivity index (χ1) is 9.28. The second-order valence-electron chi connectivity index (χ2n) is 7.04. The van der Waals surface area contributed by atoms with Crippen LogP contribution < -0.4 is 0 Å². The topological polar surface area (TPSA) is 66.8 Å². The van der Waals surface area contributed by atoms with Gasteiger partial charge < -0.3 is 9.84 Å². The summed E-state index contributed by atoms with van der Waals surface area (Å²) >= 11 is 0. The number of amides is 1. The van der Waals surface area contributed by atoms with Crippen molar-refractivity contribution < 1.29 is 19.4 Å². The molecule has 1 aliphatic carbocycles. The first-order valence-corrected chi connectivity index (χ1v) is 7.50. The van der Waals surface area contributed by atoms with Crippen LogP contribution in [0.1, 0.15) is 52.9 Å². The Kier molecular flexibility index (Phi) is 4.25. The largest absolute Gasteiger partial charge is 0.480 e. The average Bonchev–Trinajstić information content (AvgIpc) is 3.10. The van der Waals surface area contributed by atoms with Crippen molar-refractivity contribution in [2.45, 2.75) is 64.5 Å². The second kappa shape index (κ2) is 5.62. The molecule has 2 aliphatic rings. The standard InChI is InChI=1S/C15H25NO4/c1-15(2,3)20-14(19)16-8-4-5-11(9-10-6-7-10)12(16)13(17)18/h10-12H,4-9H2,1-3H3,(H,17,18). The average molecular weight is 283 g/mol. The van der Waals surface area contributed by atoms with E-state index >= 15 is 0 Å². The van der Waals surface area contributed by atoms with E-state index in [1.54, 1.807) is 20.8 Å². The number of ether oxygens (including phenoxy) is 1. The molecule has 1 amide bonds. The van der Waals surface area contributed by atoms with Crippen LogP contribution in [0, 0.1) is 11.8 Å². The molecule has 1 aliphatic heterocycles. The number of rotatable bonds is 3. The van der Waals surface area contributed by atoms with Crippen molar-refractivity contribution in [3.8, 4) is 0 Å². The molecular weight excluding hydrogens is 258 g/mol. The Bertz CT molecular complexity index is 384. The van der Waals surface area contributed by atoms with Crippen molar-refractivity contribution in [3.63, 3.8) is 0 Å². The molecule has 2 unspecified atom stereocenters. The summed E-state index contributed by atoms with van der Waals surface area (Å²) in [5.41, 5.74) is -0.594. The first kappa shape index (κ1) is 15.1. The third-order valence-electron chi connectivity index (χ3n) is 3.97. The van der Waals surface area contributed by atoms with Gasteiger partial charge in [0.25, 0.3) is 0 Å². The summed E-state index contributed by atoms with van der Waals surface area (Å²) in [6.07, 6.45) is 4.60. The molecule has 0 spiro atoms. The molecule has 5 nitrogen and oxygen atoms in total. The smallest absolute Gasteiger partial charge is 0.411 e. The van der Waals surface area contributed by atoms with Gasteiger partial charge in [-0.05, 0) is 51.9 Å². The van der Waals surface area contributed by atoms with Crippen molar-refractivity contribution in [2.75, 3.05) is 6.54 Å². The zero-order valence-corrected chi connectivity index (χ0v) is 12.6. The Balaban J connectivity index is 2.08. The van der Waals surface area contributed by atoms with Crippen molar-refractivity contribution in [3.05, 3.63) is 0 Å². The van der Waals surface area contributed by atoms with Crippen molar-refractivity contribution in [1.29, 1.82) is 0 Å². The van der Waals surface area contributed by atoms with Crippen LogP contribution in [0.25, 0.3) is 0 Å². The number of aliphatic carboxylic acids is 1. The van der Waals surface area contributed by atoms with Gasteiger partial charge in [-0.3, -0.25) is 4.90 Å². The summed E-state index contributed by atoms with van der Waals surface area (Å²) in [4.78, 5) is 25.2. The van der Waals surface area contributed by atoms with E-state index in [0.29, 0.717) is 12.5 Å². The summed E-state index contributed by atoms with van der Waals surface area (Å²) < 4.78 is 5.35. The van der Waals surface area contributed by atoms with Crippen LogP contribution in [0.5, 0.6) is 0 Å². The Labute approximate surface area is 120 Å². The van der Waals surface area contributed by atoms with Gasteiger partial charge in [0.2, 0.25) is 0 Å². The van der Waals surface area contributed by atoms with Gasteiger partial charge in [-0.25, -0.2) is 9.59 Å². The maximum Gasteiger partial charge on any atom is 0.411 e. The maximum absolute atomic E-state index is 12.2. The molecule has 2 rings (SSSR count). The number of carboxylic acid groups (broad SMARTS) is 1. The van der Waals surface area contributed by atoms with Gasteiger partial charge >= 0.3 is 12.1 Å². The van der Waals surface area contributed by atoms with E-state index < -0.39 is 23.7 Å². The van der Waals surface area contributed by atoms with Gasteiger partial charge in [-0.15, -0.1) is 0 Å². The van der Waals surface area contributed by atoms with E-state index in [1.165, 1.54) is 17.7 Å². The Morgan fingerprint density at radius 2 is 1.90 bits per heavy atom. The monoisotopic (exact) mass is 283 g/mol. The van der Waals surface area contributed by atoms with E-state index in [-0.39, 0.29) is 5.92 Å². The normalized spacial score (nSPS) is 27.2. The van der Waals surface area contributed by atoms with Crippen LogP contribution in [-0.2, 0) is 9.53 Å². The maximum atomic E-state index is 12.2. The molecule has 5 heteroatoms. The quantitative estimate of drug-likeness (QED) is 0.864. The van der Waals surface area contributed by atoms with Crippen molar-refractivity contribution in [1.82, 2.24) is 4.90 Å². The minimum absolute atomic E-state index is 0.0706. The number of carboxylic acids is 1. The number of hydrogen-bond donors (Lipinski definition) is 1. The van der Waals surface area contributed by atoms with E-state index in [4.69, 9.17) is 4.74 Å². The predicted molar refractivity (Wildman–Crippen MR) is 74.4 cm³/mol. The molecule has 2 fully saturated rings. The fourth-order valence-electron chi connectivity index (χ4n) is 2.96. The summed E-state index contributed by atoms with van der Waals surface area (Å²) in [6, 6.07) is -0.723. The number of nitrogens with zero attached hydrogens (tertiary/aromatic N) is 1. The summed E-state index contributed by atoms with van der Waals surface area (Å²) in [5, 5.41) is 9.51. The van der Waals surface area contributed by atoms with Gasteiger partial charge in [0.1, 0.15) is 11.6 Å². The molecule has 2 atom stereocenters. The molecule has 0 radical (unpaired) electrons. The van der Waals surface area contributed by atoms with Crippen molar-refractivity contribution >= 4 is 12.1 Å². The lowest BCUT2D eigenvalue weighted by atomic mass is 9.85. The number of hydrogen-bond acceptors (Lipinski definition) is 3. The number of carbonyl (C=O) groups is 2. The molecule has 0 aromatic heterocycles.